The predicted molar refractivity (Wildman–Crippen MR) is 75.5 cm³/mol. The quantitative estimate of drug-likeness (QED) is 0.638. The third kappa shape index (κ3) is 5.88. The molecule has 0 aromatic rings. The highest BCUT2D eigenvalue weighted by Crippen LogP contribution is 2.26. The van der Waals surface area contributed by atoms with Crippen LogP contribution < -0.4 is 5.32 Å². The zero-order valence-corrected chi connectivity index (χ0v) is 12.4. The minimum Gasteiger partial charge on any atom is -0.481 e. The molecule has 1 saturated heterocycles. The Bertz CT molecular complexity index is 322. The number of hydrogen-bond acceptors (Lipinski definition) is 4. The molecule has 1 aliphatic rings. The number of piperidine rings is 1. The number of aliphatic carboxylic acids is 1. The largest absolute Gasteiger partial charge is 0.481 e. The van der Waals surface area contributed by atoms with Crippen LogP contribution in [0.5, 0.6) is 0 Å². The molecule has 0 bridgehead atoms. The second kappa shape index (κ2) is 8.92. The van der Waals surface area contributed by atoms with Crippen LogP contribution in [0.3, 0.4) is 0 Å². The third-order valence-corrected chi connectivity index (χ3v) is 3.87. The second-order valence-electron chi connectivity index (χ2n) is 5.49. The molecule has 0 radical (unpaired) electrons. The second-order valence-corrected chi connectivity index (χ2v) is 5.49. The van der Waals surface area contributed by atoms with E-state index in [-0.39, 0.29) is 18.2 Å². The number of nitrogens with zero attached hydrogens (tertiary/aromatic N) is 1. The fraction of sp³-hybridized carbons (Fsp3) is 0.857. The maximum atomic E-state index is 12.1. The van der Waals surface area contributed by atoms with Crippen LogP contribution in [0, 0.1) is 11.8 Å². The lowest BCUT2D eigenvalue weighted by molar-refractivity contribution is -0.138. The molecule has 2 N–H and O–H groups in total. The number of hydrogen-bond donors (Lipinski definition) is 2. The molecule has 0 saturated carbocycles. The number of carbonyl (C=O) groups excluding carboxylic acids is 1. The lowest BCUT2D eigenvalue weighted by Crippen LogP contribution is -2.45. The Kier molecular flexibility index (Phi) is 7.54. The summed E-state index contributed by atoms with van der Waals surface area (Å²) >= 11 is 0. The topological polar surface area (TPSA) is 78.9 Å². The molecule has 6 heteroatoms. The molecular formula is C14H26N2O4. The number of nitrogens with one attached hydrogen (secondary N) is 1. The number of methoxy groups -OCH3 is 1. The molecule has 1 aliphatic heterocycles. The number of carboxylic acids is 1. The molecule has 116 valence electrons. The van der Waals surface area contributed by atoms with Crippen molar-refractivity contribution in [3.8, 4) is 0 Å². The predicted octanol–water partition coefficient (Wildman–Crippen LogP) is 0.572. The summed E-state index contributed by atoms with van der Waals surface area (Å²) in [5.41, 5.74) is 0. The Hall–Kier alpha value is -1.14. The van der Waals surface area contributed by atoms with Crippen LogP contribution >= 0.6 is 0 Å². The van der Waals surface area contributed by atoms with Gasteiger partial charge in [0.2, 0.25) is 5.91 Å². The summed E-state index contributed by atoms with van der Waals surface area (Å²) < 4.78 is 4.91. The average molecular weight is 286 g/mol. The van der Waals surface area contributed by atoms with E-state index in [1.165, 1.54) is 0 Å². The molecular weight excluding hydrogens is 260 g/mol. The number of amides is 1. The first-order chi connectivity index (χ1) is 9.54. The first-order valence-corrected chi connectivity index (χ1v) is 7.23. The van der Waals surface area contributed by atoms with Gasteiger partial charge in [0, 0.05) is 33.2 Å². The molecule has 1 heterocycles. The monoisotopic (exact) mass is 286 g/mol. The average Bonchev–Trinajstić information content (AvgIpc) is 2.43. The van der Waals surface area contributed by atoms with Crippen LogP contribution in [0.4, 0.5) is 0 Å². The molecule has 2 unspecified atom stereocenters. The molecule has 0 aliphatic carbocycles. The van der Waals surface area contributed by atoms with Gasteiger partial charge in [0.05, 0.1) is 13.2 Å². The van der Waals surface area contributed by atoms with Crippen molar-refractivity contribution in [2.45, 2.75) is 26.2 Å². The summed E-state index contributed by atoms with van der Waals surface area (Å²) in [6.45, 7) is 4.99. The van der Waals surface area contributed by atoms with Crippen LogP contribution in [0.2, 0.25) is 0 Å². The van der Waals surface area contributed by atoms with E-state index in [0.29, 0.717) is 32.2 Å². The molecule has 0 aromatic heterocycles. The highest BCUT2D eigenvalue weighted by Gasteiger charge is 2.28. The standard InChI is InChI=1S/C14H26N2O4/c1-11(8-14(18)19)12-4-3-6-16(10-12)13(17)9-15-5-7-20-2/h11-12,15H,3-10H2,1-2H3,(H,18,19). The first kappa shape index (κ1) is 16.9. The Balaban J connectivity index is 2.35. The number of rotatable bonds is 8. The summed E-state index contributed by atoms with van der Waals surface area (Å²) in [4.78, 5) is 24.7. The molecule has 0 aromatic carbocycles. The van der Waals surface area contributed by atoms with Gasteiger partial charge in [-0.05, 0) is 24.7 Å². The van der Waals surface area contributed by atoms with Crippen molar-refractivity contribution in [3.63, 3.8) is 0 Å². The Morgan fingerprint density at radius 3 is 2.90 bits per heavy atom. The maximum Gasteiger partial charge on any atom is 0.303 e. The molecule has 20 heavy (non-hydrogen) atoms. The highest BCUT2D eigenvalue weighted by atomic mass is 16.5. The van der Waals surface area contributed by atoms with Crippen LogP contribution in [0.25, 0.3) is 0 Å². The van der Waals surface area contributed by atoms with E-state index in [4.69, 9.17) is 9.84 Å². The summed E-state index contributed by atoms with van der Waals surface area (Å²) in [5.74, 6) is -0.261. The third-order valence-electron chi connectivity index (χ3n) is 3.87. The molecule has 2 atom stereocenters. The minimum atomic E-state index is -0.762. The molecule has 0 spiro atoms. The van der Waals surface area contributed by atoms with E-state index in [2.05, 4.69) is 5.32 Å². The maximum absolute atomic E-state index is 12.1. The van der Waals surface area contributed by atoms with Crippen LogP contribution in [-0.2, 0) is 14.3 Å². The highest BCUT2D eigenvalue weighted by molar-refractivity contribution is 5.78. The van der Waals surface area contributed by atoms with Crippen molar-refractivity contribution in [1.82, 2.24) is 10.2 Å². The molecule has 6 nitrogen and oxygen atoms in total. The van der Waals surface area contributed by atoms with Crippen molar-refractivity contribution in [3.05, 3.63) is 0 Å². The zero-order valence-electron chi connectivity index (χ0n) is 12.4. The SMILES string of the molecule is COCCNCC(=O)N1CCCC(C(C)CC(=O)O)C1. The van der Waals surface area contributed by atoms with E-state index in [1.54, 1.807) is 7.11 Å². The minimum absolute atomic E-state index is 0.0910. The van der Waals surface area contributed by atoms with Gasteiger partial charge in [0.25, 0.3) is 0 Å². The van der Waals surface area contributed by atoms with Crippen LogP contribution in [-0.4, -0.2) is 61.8 Å². The lowest BCUT2D eigenvalue weighted by Gasteiger charge is -2.35. The van der Waals surface area contributed by atoms with Crippen molar-refractivity contribution >= 4 is 11.9 Å². The van der Waals surface area contributed by atoms with E-state index in [0.717, 1.165) is 19.4 Å². The van der Waals surface area contributed by atoms with Gasteiger partial charge in [0.15, 0.2) is 0 Å². The normalized spacial score (nSPS) is 20.7. The first-order valence-electron chi connectivity index (χ1n) is 7.23. The van der Waals surface area contributed by atoms with E-state index in [9.17, 15) is 9.59 Å². The number of carboxylic acid groups (broad SMARTS) is 1. The van der Waals surface area contributed by atoms with E-state index < -0.39 is 5.97 Å². The van der Waals surface area contributed by atoms with Gasteiger partial charge in [0.1, 0.15) is 0 Å². The van der Waals surface area contributed by atoms with Gasteiger partial charge in [-0.1, -0.05) is 6.92 Å². The van der Waals surface area contributed by atoms with Gasteiger partial charge in [-0.25, -0.2) is 0 Å². The van der Waals surface area contributed by atoms with Crippen LogP contribution in [0.15, 0.2) is 0 Å². The summed E-state index contributed by atoms with van der Waals surface area (Å²) in [6.07, 6.45) is 2.15. The lowest BCUT2D eigenvalue weighted by atomic mass is 9.84. The summed E-state index contributed by atoms with van der Waals surface area (Å²) in [6, 6.07) is 0. The fourth-order valence-electron chi connectivity index (χ4n) is 2.62. The Morgan fingerprint density at radius 1 is 1.50 bits per heavy atom. The van der Waals surface area contributed by atoms with Gasteiger partial charge < -0.3 is 20.1 Å². The van der Waals surface area contributed by atoms with Gasteiger partial charge in [-0.15, -0.1) is 0 Å². The van der Waals surface area contributed by atoms with Gasteiger partial charge in [-0.3, -0.25) is 9.59 Å². The van der Waals surface area contributed by atoms with Crippen molar-refractivity contribution in [2.75, 3.05) is 39.9 Å². The fourth-order valence-corrected chi connectivity index (χ4v) is 2.62. The van der Waals surface area contributed by atoms with Gasteiger partial charge in [-0.2, -0.15) is 0 Å². The van der Waals surface area contributed by atoms with Gasteiger partial charge >= 0.3 is 5.97 Å². The van der Waals surface area contributed by atoms with E-state index >= 15 is 0 Å². The van der Waals surface area contributed by atoms with Crippen molar-refractivity contribution in [2.24, 2.45) is 11.8 Å². The van der Waals surface area contributed by atoms with Crippen molar-refractivity contribution < 1.29 is 19.4 Å². The molecule has 1 amide bonds. The summed E-state index contributed by atoms with van der Waals surface area (Å²) in [7, 11) is 1.63. The molecule has 1 fully saturated rings. The number of carbonyl (C=O) groups is 2. The smallest absolute Gasteiger partial charge is 0.303 e. The Morgan fingerprint density at radius 2 is 2.25 bits per heavy atom. The van der Waals surface area contributed by atoms with Crippen molar-refractivity contribution in [1.29, 1.82) is 0 Å². The Labute approximate surface area is 120 Å². The zero-order chi connectivity index (χ0) is 15.0. The van der Waals surface area contributed by atoms with E-state index in [1.807, 2.05) is 11.8 Å². The molecule has 1 rings (SSSR count). The van der Waals surface area contributed by atoms with Crippen LogP contribution in [0.1, 0.15) is 26.2 Å². The summed E-state index contributed by atoms with van der Waals surface area (Å²) in [5, 5.41) is 11.9. The number of ether oxygens (including phenoxy) is 1. The number of likely N-dealkylation sites (tertiary alicyclic amines) is 1.